The van der Waals surface area contributed by atoms with E-state index in [1.165, 1.54) is 24.1 Å². The Morgan fingerprint density at radius 2 is 1.60 bits per heavy atom. The standard InChI is InChI=1S/C36H49F3N4O3S/c1-34(2,3)43-22-29(24-7-10-27(46-5)11-8-24)30(23-43)32(44)42-17-13-25(14-18-42)28-12-9-26(36(37,38)39)21-31(28)41-19-15-35(4,16-20-41)33(45)40-47-6/h7-12,21,25,29-30H,13-20,22-23H2,1-6H3,(H,40,45)/t29-,30+/m0/s1. The van der Waals surface area contributed by atoms with Gasteiger partial charge >= 0.3 is 6.18 Å². The number of benzene rings is 2. The number of likely N-dealkylation sites (tertiary alicyclic amines) is 2. The van der Waals surface area contributed by atoms with Gasteiger partial charge in [-0.15, -0.1) is 0 Å². The van der Waals surface area contributed by atoms with Crippen LogP contribution in [0.4, 0.5) is 18.9 Å². The number of piperidine rings is 2. The first-order chi connectivity index (χ1) is 22.1. The Bertz CT molecular complexity index is 1410. The molecule has 3 heterocycles. The monoisotopic (exact) mass is 674 g/mol. The summed E-state index contributed by atoms with van der Waals surface area (Å²) in [6.45, 7) is 12.1. The van der Waals surface area contributed by atoms with Gasteiger partial charge in [0.2, 0.25) is 11.8 Å². The summed E-state index contributed by atoms with van der Waals surface area (Å²) in [5, 5.41) is 0. The highest BCUT2D eigenvalue weighted by atomic mass is 32.2. The van der Waals surface area contributed by atoms with Crippen molar-refractivity contribution in [2.75, 3.05) is 57.5 Å². The van der Waals surface area contributed by atoms with Crippen LogP contribution in [0.1, 0.15) is 81.9 Å². The van der Waals surface area contributed by atoms with Gasteiger partial charge in [-0.25, -0.2) is 0 Å². The Hall–Kier alpha value is -2.92. The topological polar surface area (TPSA) is 65.1 Å². The zero-order chi connectivity index (χ0) is 34.1. The van der Waals surface area contributed by atoms with Gasteiger partial charge in [0, 0.05) is 62.7 Å². The van der Waals surface area contributed by atoms with Crippen LogP contribution in [0, 0.1) is 11.3 Å². The fourth-order valence-electron chi connectivity index (χ4n) is 7.46. The lowest BCUT2D eigenvalue weighted by Crippen LogP contribution is -2.46. The molecule has 3 aliphatic rings. The highest BCUT2D eigenvalue weighted by Gasteiger charge is 2.44. The number of nitrogens with one attached hydrogen (secondary N) is 1. The Morgan fingerprint density at radius 1 is 0.957 bits per heavy atom. The number of carbonyl (C=O) groups is 2. The number of carbonyl (C=O) groups excluding carboxylic acids is 2. The van der Waals surface area contributed by atoms with E-state index in [-0.39, 0.29) is 35.1 Å². The fourth-order valence-corrected chi connectivity index (χ4v) is 7.89. The second kappa shape index (κ2) is 13.9. The highest BCUT2D eigenvalue weighted by Crippen LogP contribution is 2.43. The van der Waals surface area contributed by atoms with Gasteiger partial charge in [-0.2, -0.15) is 13.2 Å². The largest absolute Gasteiger partial charge is 0.497 e. The van der Waals surface area contributed by atoms with Crippen molar-refractivity contribution < 1.29 is 27.5 Å². The van der Waals surface area contributed by atoms with E-state index in [9.17, 15) is 22.8 Å². The zero-order valence-corrected chi connectivity index (χ0v) is 29.3. The number of rotatable bonds is 7. The molecule has 1 N–H and O–H groups in total. The maximum atomic E-state index is 14.2. The molecule has 7 nitrogen and oxygen atoms in total. The van der Waals surface area contributed by atoms with E-state index in [0.29, 0.717) is 64.1 Å². The SMILES string of the molecule is COc1ccc([C@@H]2CN(C(C)(C)C)C[C@H]2C(=O)N2CCC(c3ccc(C(F)(F)F)cc3N3CCC(C)(C(=O)NSC)CC3)CC2)cc1. The molecule has 2 atom stereocenters. The van der Waals surface area contributed by atoms with E-state index in [1.807, 2.05) is 28.9 Å². The third-order valence-electron chi connectivity index (χ3n) is 10.7. The molecular formula is C36H49F3N4O3S. The number of amides is 2. The van der Waals surface area contributed by atoms with Gasteiger partial charge < -0.3 is 14.5 Å². The normalized spacial score (nSPS) is 22.7. The van der Waals surface area contributed by atoms with Crippen molar-refractivity contribution in [1.29, 1.82) is 0 Å². The summed E-state index contributed by atoms with van der Waals surface area (Å²) < 4.78 is 49.8. The van der Waals surface area contributed by atoms with Crippen molar-refractivity contribution in [3.05, 3.63) is 59.2 Å². The second-order valence-corrected chi connectivity index (χ2v) is 15.2. The summed E-state index contributed by atoms with van der Waals surface area (Å²) >= 11 is 1.26. The molecular weight excluding hydrogens is 625 g/mol. The minimum Gasteiger partial charge on any atom is -0.497 e. The summed E-state index contributed by atoms with van der Waals surface area (Å²) in [6.07, 6.45) is -0.149. The number of halogens is 3. The predicted molar refractivity (Wildman–Crippen MR) is 182 cm³/mol. The lowest BCUT2D eigenvalue weighted by Gasteiger charge is -2.41. The van der Waals surface area contributed by atoms with Crippen LogP contribution in [0.5, 0.6) is 5.75 Å². The number of nitrogens with zero attached hydrogens (tertiary/aromatic N) is 3. The van der Waals surface area contributed by atoms with Crippen molar-refractivity contribution in [2.45, 2.75) is 76.9 Å². The molecule has 2 aromatic rings. The van der Waals surface area contributed by atoms with Crippen LogP contribution in [-0.4, -0.2) is 79.8 Å². The van der Waals surface area contributed by atoms with E-state index in [1.54, 1.807) is 19.4 Å². The van der Waals surface area contributed by atoms with Crippen LogP contribution < -0.4 is 14.4 Å². The number of methoxy groups -OCH3 is 1. The molecule has 258 valence electrons. The van der Waals surface area contributed by atoms with Gasteiger partial charge in [0.1, 0.15) is 5.75 Å². The van der Waals surface area contributed by atoms with Crippen molar-refractivity contribution in [3.63, 3.8) is 0 Å². The van der Waals surface area contributed by atoms with Gasteiger partial charge in [-0.1, -0.05) is 37.1 Å². The molecule has 3 fully saturated rings. The molecule has 47 heavy (non-hydrogen) atoms. The molecule has 0 aliphatic carbocycles. The Kier molecular flexibility index (Phi) is 10.5. The van der Waals surface area contributed by atoms with Gasteiger partial charge in [-0.05, 0) is 87.8 Å². The summed E-state index contributed by atoms with van der Waals surface area (Å²) in [4.78, 5) is 33.2. The van der Waals surface area contributed by atoms with Crippen LogP contribution in [0.2, 0.25) is 0 Å². The lowest BCUT2D eigenvalue weighted by atomic mass is 9.79. The minimum absolute atomic E-state index is 0.0342. The van der Waals surface area contributed by atoms with Crippen molar-refractivity contribution in [2.24, 2.45) is 11.3 Å². The van der Waals surface area contributed by atoms with Crippen molar-refractivity contribution in [3.8, 4) is 5.75 Å². The third kappa shape index (κ3) is 7.71. The summed E-state index contributed by atoms with van der Waals surface area (Å²) in [6, 6.07) is 12.1. The van der Waals surface area contributed by atoms with Crippen LogP contribution >= 0.6 is 11.9 Å². The fraction of sp³-hybridized carbons (Fsp3) is 0.611. The average Bonchev–Trinajstić information content (AvgIpc) is 3.51. The summed E-state index contributed by atoms with van der Waals surface area (Å²) in [7, 11) is 1.64. The smallest absolute Gasteiger partial charge is 0.416 e. The molecule has 3 aliphatic heterocycles. The first kappa shape index (κ1) is 35.4. The molecule has 0 radical (unpaired) electrons. The predicted octanol–water partition coefficient (Wildman–Crippen LogP) is 6.93. The quantitative estimate of drug-likeness (QED) is 0.322. The van der Waals surface area contributed by atoms with Crippen LogP contribution in [-0.2, 0) is 15.8 Å². The lowest BCUT2D eigenvalue weighted by molar-refractivity contribution is -0.138. The number of hydrogen-bond acceptors (Lipinski definition) is 6. The molecule has 5 rings (SSSR count). The molecule has 0 bridgehead atoms. The van der Waals surface area contributed by atoms with Gasteiger partial charge in [-0.3, -0.25) is 19.2 Å². The maximum absolute atomic E-state index is 14.2. The second-order valence-electron chi connectivity index (χ2n) is 14.6. The van der Waals surface area contributed by atoms with Crippen LogP contribution in [0.25, 0.3) is 0 Å². The third-order valence-corrected chi connectivity index (χ3v) is 11.1. The number of ether oxygens (including phenoxy) is 1. The number of hydrogen-bond donors (Lipinski definition) is 1. The molecule has 11 heteroatoms. The Morgan fingerprint density at radius 3 is 2.15 bits per heavy atom. The van der Waals surface area contributed by atoms with E-state index in [2.05, 4.69) is 42.5 Å². The van der Waals surface area contributed by atoms with Crippen LogP contribution in [0.3, 0.4) is 0 Å². The first-order valence-electron chi connectivity index (χ1n) is 16.6. The molecule has 3 saturated heterocycles. The molecule has 0 unspecified atom stereocenters. The van der Waals surface area contributed by atoms with Gasteiger partial charge in [0.25, 0.3) is 0 Å². The van der Waals surface area contributed by atoms with Crippen molar-refractivity contribution >= 4 is 29.4 Å². The first-order valence-corrected chi connectivity index (χ1v) is 17.8. The molecule has 0 spiro atoms. The Balaban J connectivity index is 1.32. The Labute approximate surface area is 281 Å². The molecule has 0 aromatic heterocycles. The zero-order valence-electron chi connectivity index (χ0n) is 28.5. The molecule has 2 amide bonds. The van der Waals surface area contributed by atoms with Gasteiger partial charge in [0.15, 0.2) is 0 Å². The van der Waals surface area contributed by atoms with E-state index in [0.717, 1.165) is 23.4 Å². The summed E-state index contributed by atoms with van der Waals surface area (Å²) in [5.41, 5.74) is 1.34. The average molecular weight is 675 g/mol. The summed E-state index contributed by atoms with van der Waals surface area (Å²) in [5.74, 6) is 0.833. The molecule has 0 saturated carbocycles. The molecule has 2 aromatic carbocycles. The van der Waals surface area contributed by atoms with E-state index < -0.39 is 17.2 Å². The van der Waals surface area contributed by atoms with E-state index in [4.69, 9.17) is 4.74 Å². The highest BCUT2D eigenvalue weighted by molar-refractivity contribution is 7.97. The minimum atomic E-state index is -4.45. The maximum Gasteiger partial charge on any atom is 0.416 e. The van der Waals surface area contributed by atoms with Gasteiger partial charge in [0.05, 0.1) is 24.0 Å². The number of anilines is 1. The van der Waals surface area contributed by atoms with Crippen molar-refractivity contribution in [1.82, 2.24) is 14.5 Å². The number of alkyl halides is 3. The van der Waals surface area contributed by atoms with E-state index >= 15 is 0 Å². The van der Waals surface area contributed by atoms with Crippen LogP contribution in [0.15, 0.2) is 42.5 Å².